The van der Waals surface area contributed by atoms with Gasteiger partial charge in [-0.2, -0.15) is 0 Å². The average Bonchev–Trinajstić information content (AvgIpc) is 3.22. The molecule has 1 aliphatic carbocycles. The molecule has 1 N–H and O–H groups in total. The zero-order chi connectivity index (χ0) is 19.6. The van der Waals surface area contributed by atoms with Crippen molar-refractivity contribution in [3.8, 4) is 0 Å². The van der Waals surface area contributed by atoms with E-state index in [1.807, 2.05) is 6.92 Å². The van der Waals surface area contributed by atoms with Gasteiger partial charge in [-0.1, -0.05) is 18.7 Å². The Bertz CT molecular complexity index is 935. The molecule has 1 aliphatic rings. The molecule has 2 heterocycles. The number of nitrogens with one attached hydrogen (secondary N) is 1. The number of hydrogen-bond acceptors (Lipinski definition) is 6. The van der Waals surface area contributed by atoms with Crippen molar-refractivity contribution in [2.45, 2.75) is 37.8 Å². The number of thioether (sulfide) groups is 1. The second kappa shape index (κ2) is 8.43. The molecule has 0 radical (unpaired) electrons. The maximum absolute atomic E-state index is 12.8. The number of carbonyl (C=O) groups excluding carboxylic acids is 2. The first-order valence-corrected chi connectivity index (χ1v) is 10.9. The van der Waals surface area contributed by atoms with Crippen LogP contribution >= 0.6 is 23.1 Å². The quantitative estimate of drug-likeness (QED) is 0.555. The Morgan fingerprint density at radius 2 is 2.15 bits per heavy atom. The van der Waals surface area contributed by atoms with Crippen molar-refractivity contribution in [2.75, 3.05) is 25.9 Å². The number of amides is 2. The number of thiophene rings is 1. The fourth-order valence-electron chi connectivity index (χ4n) is 3.10. The lowest BCUT2D eigenvalue weighted by Crippen LogP contribution is -2.39. The first-order chi connectivity index (χ1) is 12.9. The second-order valence-corrected chi connectivity index (χ2v) is 8.71. The molecule has 3 rings (SSSR count). The van der Waals surface area contributed by atoms with Crippen LogP contribution in [0.15, 0.2) is 9.95 Å². The molecule has 0 unspecified atom stereocenters. The lowest BCUT2D eigenvalue weighted by atomic mass is 10.2. The molecule has 7 nitrogen and oxygen atoms in total. The first-order valence-electron chi connectivity index (χ1n) is 9.07. The third kappa shape index (κ3) is 4.19. The molecule has 2 amide bonds. The van der Waals surface area contributed by atoms with Crippen molar-refractivity contribution < 1.29 is 9.59 Å². The summed E-state index contributed by atoms with van der Waals surface area (Å²) in [5, 5.41) is 4.03. The van der Waals surface area contributed by atoms with Crippen LogP contribution in [0.3, 0.4) is 0 Å². The minimum Gasteiger partial charge on any atom is -0.355 e. The number of carbonyl (C=O) groups is 2. The van der Waals surface area contributed by atoms with E-state index in [4.69, 9.17) is 0 Å². The number of nitrogens with zero attached hydrogens (tertiary/aromatic N) is 3. The summed E-state index contributed by atoms with van der Waals surface area (Å²) in [6, 6.07) is 0. The smallest absolute Gasteiger partial charge is 0.262 e. The average molecular weight is 409 g/mol. The highest BCUT2D eigenvalue weighted by Gasteiger charge is 2.23. The predicted octanol–water partition coefficient (Wildman–Crippen LogP) is 1.56. The van der Waals surface area contributed by atoms with Crippen molar-refractivity contribution >= 4 is 45.1 Å². The molecule has 27 heavy (non-hydrogen) atoms. The molecule has 0 fully saturated rings. The van der Waals surface area contributed by atoms with Crippen molar-refractivity contribution in [3.05, 3.63) is 20.8 Å². The van der Waals surface area contributed by atoms with Crippen molar-refractivity contribution in [3.63, 3.8) is 0 Å². The van der Waals surface area contributed by atoms with Gasteiger partial charge in [-0.05, 0) is 31.2 Å². The summed E-state index contributed by atoms with van der Waals surface area (Å²) >= 11 is 2.83. The van der Waals surface area contributed by atoms with Crippen LogP contribution in [0.25, 0.3) is 10.2 Å². The molecule has 2 aromatic heterocycles. The van der Waals surface area contributed by atoms with Crippen LogP contribution in [0, 0.1) is 0 Å². The summed E-state index contributed by atoms with van der Waals surface area (Å²) in [6.07, 6.45) is 3.92. The van der Waals surface area contributed by atoms with Gasteiger partial charge < -0.3 is 10.2 Å². The Morgan fingerprint density at radius 3 is 2.89 bits per heavy atom. The van der Waals surface area contributed by atoms with Crippen molar-refractivity contribution in [1.29, 1.82) is 0 Å². The Kier molecular flexibility index (Phi) is 6.21. The van der Waals surface area contributed by atoms with Crippen LogP contribution in [-0.4, -0.2) is 52.2 Å². The lowest BCUT2D eigenvalue weighted by Gasteiger charge is -2.16. The zero-order valence-corrected chi connectivity index (χ0v) is 17.5. The third-order valence-electron chi connectivity index (χ3n) is 4.61. The number of aryl methyl sites for hydroxylation is 2. The van der Waals surface area contributed by atoms with Crippen LogP contribution < -0.4 is 10.9 Å². The number of aromatic nitrogens is 2. The van der Waals surface area contributed by atoms with E-state index in [1.54, 1.807) is 25.4 Å². The molecule has 0 saturated carbocycles. The highest BCUT2D eigenvalue weighted by molar-refractivity contribution is 7.99. The Balaban J connectivity index is 1.68. The Hall–Kier alpha value is -1.87. The van der Waals surface area contributed by atoms with E-state index in [1.165, 1.54) is 26.1 Å². The molecular weight excluding hydrogens is 384 g/mol. The topological polar surface area (TPSA) is 84.3 Å². The van der Waals surface area contributed by atoms with E-state index in [9.17, 15) is 14.4 Å². The van der Waals surface area contributed by atoms with Gasteiger partial charge in [0.25, 0.3) is 5.56 Å². The number of fused-ring (bicyclic) bond motifs is 3. The van der Waals surface area contributed by atoms with Crippen LogP contribution in [-0.2, 0) is 29.5 Å². The third-order valence-corrected chi connectivity index (χ3v) is 6.81. The minimum atomic E-state index is -0.172. The summed E-state index contributed by atoms with van der Waals surface area (Å²) in [5.41, 5.74) is 1.12. The molecule has 0 atom stereocenters. The van der Waals surface area contributed by atoms with Crippen LogP contribution in [0.4, 0.5) is 0 Å². The standard InChI is InChI=1S/C18H24N4O3S2/c1-4-8-19-13(23)9-21(2)14(24)10-26-18-20-16-15(17(25)22(18)3)11-6-5-7-12(11)27-16/h4-10H2,1-3H3,(H,19,23). The minimum absolute atomic E-state index is 0.0302. The van der Waals surface area contributed by atoms with E-state index in [0.29, 0.717) is 11.7 Å². The normalized spacial score (nSPS) is 13.0. The number of likely N-dealkylation sites (N-methyl/N-ethyl adjacent to an activating group) is 1. The first kappa shape index (κ1) is 19.9. The highest BCUT2D eigenvalue weighted by atomic mass is 32.2. The van der Waals surface area contributed by atoms with Crippen molar-refractivity contribution in [1.82, 2.24) is 19.8 Å². The van der Waals surface area contributed by atoms with E-state index in [0.717, 1.165) is 41.5 Å². The fraction of sp³-hybridized carbons (Fsp3) is 0.556. The summed E-state index contributed by atoms with van der Waals surface area (Å²) < 4.78 is 1.53. The zero-order valence-electron chi connectivity index (χ0n) is 15.8. The maximum Gasteiger partial charge on any atom is 0.262 e. The van der Waals surface area contributed by atoms with Crippen LogP contribution in [0.1, 0.15) is 30.2 Å². The highest BCUT2D eigenvalue weighted by Crippen LogP contribution is 2.35. The van der Waals surface area contributed by atoms with Gasteiger partial charge in [0.05, 0.1) is 17.7 Å². The van der Waals surface area contributed by atoms with Crippen LogP contribution in [0.2, 0.25) is 0 Å². The molecule has 2 aromatic rings. The molecule has 0 spiro atoms. The molecular formula is C18H24N4O3S2. The van der Waals surface area contributed by atoms with Gasteiger partial charge in [0.15, 0.2) is 5.16 Å². The molecule has 146 valence electrons. The SMILES string of the molecule is CCCNC(=O)CN(C)C(=O)CSc1nc2sc3c(c2c(=O)n1C)CCC3. The van der Waals surface area contributed by atoms with Gasteiger partial charge in [-0.15, -0.1) is 11.3 Å². The fourth-order valence-corrected chi connectivity index (χ4v) is 5.31. The Morgan fingerprint density at radius 1 is 1.37 bits per heavy atom. The van der Waals surface area contributed by atoms with Gasteiger partial charge in [-0.3, -0.25) is 19.0 Å². The molecule has 0 bridgehead atoms. The van der Waals surface area contributed by atoms with Gasteiger partial charge >= 0.3 is 0 Å². The molecule has 0 saturated heterocycles. The summed E-state index contributed by atoms with van der Waals surface area (Å²) in [5.74, 6) is -0.207. The van der Waals surface area contributed by atoms with Gasteiger partial charge in [0, 0.05) is 25.5 Å². The molecule has 9 heteroatoms. The van der Waals surface area contributed by atoms with E-state index < -0.39 is 0 Å². The maximum atomic E-state index is 12.8. The van der Waals surface area contributed by atoms with Gasteiger partial charge in [-0.25, -0.2) is 4.98 Å². The van der Waals surface area contributed by atoms with E-state index in [-0.39, 0.29) is 29.7 Å². The largest absolute Gasteiger partial charge is 0.355 e. The molecule has 0 aliphatic heterocycles. The van der Waals surface area contributed by atoms with E-state index >= 15 is 0 Å². The number of rotatable bonds is 7. The number of hydrogen-bond donors (Lipinski definition) is 1. The van der Waals surface area contributed by atoms with Gasteiger partial charge in [0.1, 0.15) is 4.83 Å². The molecule has 0 aromatic carbocycles. The summed E-state index contributed by atoms with van der Waals surface area (Å²) in [7, 11) is 3.30. The summed E-state index contributed by atoms with van der Waals surface area (Å²) in [6.45, 7) is 2.61. The van der Waals surface area contributed by atoms with Crippen molar-refractivity contribution in [2.24, 2.45) is 7.05 Å². The Labute approximate surface area is 166 Å². The second-order valence-electron chi connectivity index (χ2n) is 6.68. The summed E-state index contributed by atoms with van der Waals surface area (Å²) in [4.78, 5) is 44.9. The van der Waals surface area contributed by atoms with E-state index in [2.05, 4.69) is 10.3 Å². The van der Waals surface area contributed by atoms with Gasteiger partial charge in [0.2, 0.25) is 11.8 Å². The lowest BCUT2D eigenvalue weighted by molar-refractivity contribution is -0.132. The predicted molar refractivity (Wildman–Crippen MR) is 109 cm³/mol. The monoisotopic (exact) mass is 408 g/mol. The van der Waals surface area contributed by atoms with Crippen LogP contribution in [0.5, 0.6) is 0 Å².